The number of carbonyl (C=O) groups is 1. The monoisotopic (exact) mass is 590 g/mol. The van der Waals surface area contributed by atoms with Gasteiger partial charge in [0.25, 0.3) is 0 Å². The van der Waals surface area contributed by atoms with Gasteiger partial charge in [0.1, 0.15) is 17.0 Å². The van der Waals surface area contributed by atoms with Gasteiger partial charge in [-0.1, -0.05) is 24.3 Å². The third-order valence-electron chi connectivity index (χ3n) is 4.78. The fraction of sp³-hybridized carbons (Fsp3) is 0.240. The van der Waals surface area contributed by atoms with Crippen molar-refractivity contribution in [2.75, 3.05) is 6.61 Å². The number of benzene rings is 2. The van der Waals surface area contributed by atoms with Crippen molar-refractivity contribution in [2.45, 2.75) is 33.2 Å². The van der Waals surface area contributed by atoms with Gasteiger partial charge in [-0.3, -0.25) is 4.79 Å². The first-order chi connectivity index (χ1) is 16.4. The van der Waals surface area contributed by atoms with Crippen LogP contribution in [0, 0.1) is 12.4 Å². The number of pyridine rings is 1. The maximum absolute atomic E-state index is 14.1. The van der Waals surface area contributed by atoms with E-state index in [1.807, 2.05) is 12.1 Å². The minimum atomic E-state index is -0.464. The molecule has 0 saturated carbocycles. The van der Waals surface area contributed by atoms with Crippen molar-refractivity contribution in [2.24, 2.45) is 0 Å². The fourth-order valence-corrected chi connectivity index (χ4v) is 3.86. The van der Waals surface area contributed by atoms with E-state index in [2.05, 4.69) is 41.7 Å². The highest BCUT2D eigenvalue weighted by Gasteiger charge is 2.14. The number of ether oxygens (including phenoxy) is 3. The SMILES string of the molecule is [C-]#[N+]c1ccc(COc2cccc(Br)n2)c(COCc2cc(Br)c(F)cc2CC(=O)OCC)c1. The molecular weight excluding hydrogens is 571 g/mol. The van der Waals surface area contributed by atoms with E-state index in [1.165, 1.54) is 6.07 Å². The van der Waals surface area contributed by atoms with Gasteiger partial charge < -0.3 is 14.2 Å². The average molecular weight is 592 g/mol. The largest absolute Gasteiger partial charge is 0.473 e. The van der Waals surface area contributed by atoms with Crippen molar-refractivity contribution in [3.8, 4) is 5.88 Å². The summed E-state index contributed by atoms with van der Waals surface area (Å²) < 4.78 is 31.7. The van der Waals surface area contributed by atoms with Gasteiger partial charge in [-0.05, 0) is 79.2 Å². The number of carbonyl (C=O) groups excluding carboxylic acids is 1. The molecule has 0 radical (unpaired) electrons. The van der Waals surface area contributed by atoms with Crippen molar-refractivity contribution in [1.82, 2.24) is 4.98 Å². The van der Waals surface area contributed by atoms with Gasteiger partial charge >= 0.3 is 5.97 Å². The summed E-state index contributed by atoms with van der Waals surface area (Å²) >= 11 is 6.50. The van der Waals surface area contributed by atoms with Gasteiger partial charge in [-0.15, -0.1) is 0 Å². The molecule has 9 heteroatoms. The molecule has 0 unspecified atom stereocenters. The van der Waals surface area contributed by atoms with Gasteiger partial charge in [0.2, 0.25) is 5.88 Å². The van der Waals surface area contributed by atoms with Crippen LogP contribution in [0.4, 0.5) is 10.1 Å². The number of halogens is 3. The zero-order chi connectivity index (χ0) is 24.5. The van der Waals surface area contributed by atoms with Crippen molar-refractivity contribution in [3.63, 3.8) is 0 Å². The van der Waals surface area contributed by atoms with E-state index in [9.17, 15) is 9.18 Å². The Balaban J connectivity index is 1.73. The topological polar surface area (TPSA) is 62.0 Å². The highest BCUT2D eigenvalue weighted by molar-refractivity contribution is 9.10. The number of rotatable bonds is 10. The molecule has 176 valence electrons. The third-order valence-corrected chi connectivity index (χ3v) is 5.83. The quantitative estimate of drug-likeness (QED) is 0.149. The Labute approximate surface area is 214 Å². The number of hydrogen-bond donors (Lipinski definition) is 0. The van der Waals surface area contributed by atoms with Crippen molar-refractivity contribution >= 4 is 43.5 Å². The Morgan fingerprint density at radius 2 is 1.79 bits per heavy atom. The van der Waals surface area contributed by atoms with Crippen LogP contribution in [0.3, 0.4) is 0 Å². The molecule has 0 fully saturated rings. The minimum Gasteiger partial charge on any atom is -0.473 e. The summed E-state index contributed by atoms with van der Waals surface area (Å²) in [6, 6.07) is 13.6. The molecule has 1 aromatic heterocycles. The number of hydrogen-bond acceptors (Lipinski definition) is 5. The molecule has 0 N–H and O–H groups in total. The smallest absolute Gasteiger partial charge is 0.310 e. The predicted octanol–water partition coefficient (Wildman–Crippen LogP) is 6.70. The zero-order valence-electron chi connectivity index (χ0n) is 18.3. The number of esters is 1. The van der Waals surface area contributed by atoms with Crippen LogP contribution < -0.4 is 4.74 Å². The highest BCUT2D eigenvalue weighted by atomic mass is 79.9. The summed E-state index contributed by atoms with van der Waals surface area (Å²) in [5.41, 5.74) is 3.28. The van der Waals surface area contributed by atoms with Crippen LogP contribution >= 0.6 is 31.9 Å². The average Bonchev–Trinajstić information content (AvgIpc) is 2.81. The summed E-state index contributed by atoms with van der Waals surface area (Å²) in [4.78, 5) is 19.7. The Kier molecular flexibility index (Phi) is 9.57. The summed E-state index contributed by atoms with van der Waals surface area (Å²) in [5.74, 6) is -0.431. The normalized spacial score (nSPS) is 10.6. The summed E-state index contributed by atoms with van der Waals surface area (Å²) in [7, 11) is 0. The molecule has 1 heterocycles. The van der Waals surface area contributed by atoms with Gasteiger partial charge in [-0.25, -0.2) is 14.2 Å². The molecule has 0 aliphatic carbocycles. The predicted molar refractivity (Wildman–Crippen MR) is 132 cm³/mol. The van der Waals surface area contributed by atoms with Gasteiger partial charge in [0.05, 0.1) is 37.3 Å². The summed E-state index contributed by atoms with van der Waals surface area (Å²) in [6.45, 7) is 9.86. The van der Waals surface area contributed by atoms with Gasteiger partial charge in [0.15, 0.2) is 5.69 Å². The molecule has 6 nitrogen and oxygen atoms in total. The Bertz CT molecular complexity index is 1210. The molecule has 0 aliphatic rings. The first-order valence-electron chi connectivity index (χ1n) is 10.3. The maximum atomic E-state index is 14.1. The van der Waals surface area contributed by atoms with E-state index < -0.39 is 11.8 Å². The molecule has 0 saturated heterocycles. The fourth-order valence-electron chi connectivity index (χ4n) is 3.15. The van der Waals surface area contributed by atoms with Crippen LogP contribution in [-0.2, 0) is 40.5 Å². The van der Waals surface area contributed by atoms with Crippen molar-refractivity contribution < 1.29 is 23.4 Å². The van der Waals surface area contributed by atoms with E-state index in [0.29, 0.717) is 27.3 Å². The Morgan fingerprint density at radius 3 is 2.50 bits per heavy atom. The minimum absolute atomic E-state index is 0.0529. The second-order valence-corrected chi connectivity index (χ2v) is 8.83. The first kappa shape index (κ1) is 25.8. The van der Waals surface area contributed by atoms with Gasteiger partial charge in [-0.2, -0.15) is 0 Å². The zero-order valence-corrected chi connectivity index (χ0v) is 21.5. The molecule has 0 amide bonds. The lowest BCUT2D eigenvalue weighted by Crippen LogP contribution is -2.10. The molecule has 0 aliphatic heterocycles. The van der Waals surface area contributed by atoms with Crippen LogP contribution in [0.2, 0.25) is 0 Å². The Hall–Kier alpha value is -2.80. The molecule has 0 bridgehead atoms. The van der Waals surface area contributed by atoms with Crippen LogP contribution in [0.25, 0.3) is 4.85 Å². The molecule has 2 aromatic carbocycles. The lowest BCUT2D eigenvalue weighted by Gasteiger charge is -2.14. The second kappa shape index (κ2) is 12.6. The lowest BCUT2D eigenvalue weighted by atomic mass is 10.0. The maximum Gasteiger partial charge on any atom is 0.310 e. The molecule has 0 spiro atoms. The molecule has 0 atom stereocenters. The van der Waals surface area contributed by atoms with Crippen LogP contribution in [-0.4, -0.2) is 17.6 Å². The van der Waals surface area contributed by atoms with E-state index in [1.54, 1.807) is 37.3 Å². The molecule has 3 aromatic rings. The second-order valence-electron chi connectivity index (χ2n) is 7.16. The van der Waals surface area contributed by atoms with Gasteiger partial charge in [0, 0.05) is 6.07 Å². The number of nitrogens with zero attached hydrogens (tertiary/aromatic N) is 2. The van der Waals surface area contributed by atoms with E-state index >= 15 is 0 Å². The van der Waals surface area contributed by atoms with Crippen molar-refractivity contribution in [3.05, 3.63) is 97.1 Å². The molecular formula is C25H21Br2FN2O4. The van der Waals surface area contributed by atoms with Crippen LogP contribution in [0.1, 0.15) is 29.2 Å². The third kappa shape index (κ3) is 7.35. The van der Waals surface area contributed by atoms with Crippen LogP contribution in [0.15, 0.2) is 57.6 Å². The van der Waals surface area contributed by atoms with E-state index in [4.69, 9.17) is 20.8 Å². The first-order valence-corrected chi connectivity index (χ1v) is 11.9. The standard InChI is InChI=1S/C25H21Br2FN2O4/c1-3-33-25(31)12-17-11-22(28)21(26)10-19(17)14-32-13-18-9-20(29-2)8-7-16(18)15-34-24-6-4-5-23(27)30-24/h4-11H,3,12-15H2,1H3. The lowest BCUT2D eigenvalue weighted by molar-refractivity contribution is -0.142. The summed E-state index contributed by atoms with van der Waals surface area (Å²) in [6.07, 6.45) is -0.0529. The van der Waals surface area contributed by atoms with Crippen LogP contribution in [0.5, 0.6) is 5.88 Å². The molecule has 3 rings (SSSR count). The highest BCUT2D eigenvalue weighted by Crippen LogP contribution is 2.25. The van der Waals surface area contributed by atoms with E-state index in [-0.39, 0.29) is 37.3 Å². The Morgan fingerprint density at radius 1 is 1.03 bits per heavy atom. The number of aromatic nitrogens is 1. The molecule has 34 heavy (non-hydrogen) atoms. The van der Waals surface area contributed by atoms with E-state index in [0.717, 1.165) is 11.1 Å². The van der Waals surface area contributed by atoms with Crippen molar-refractivity contribution in [1.29, 1.82) is 0 Å². The summed E-state index contributed by atoms with van der Waals surface area (Å²) in [5, 5.41) is 0.